The molecule has 0 bridgehead atoms. The first-order chi connectivity index (χ1) is 5.57. The highest BCUT2D eigenvalue weighted by atomic mass is 16.5. The smallest absolute Gasteiger partial charge is 0.168 e. The van der Waals surface area contributed by atoms with Crippen molar-refractivity contribution in [2.75, 3.05) is 30.0 Å². The predicted molar refractivity (Wildman–Crippen MR) is 50.6 cm³/mol. The summed E-state index contributed by atoms with van der Waals surface area (Å²) in [6.45, 7) is 0. The van der Waals surface area contributed by atoms with E-state index < -0.39 is 0 Å². The van der Waals surface area contributed by atoms with Crippen LogP contribution in [0.3, 0.4) is 0 Å². The van der Waals surface area contributed by atoms with Crippen LogP contribution >= 0.6 is 0 Å². The van der Waals surface area contributed by atoms with Crippen LogP contribution in [0.25, 0.3) is 0 Å². The highest BCUT2D eigenvalue weighted by molar-refractivity contribution is 5.87. The minimum atomic E-state index is 0.323. The molecule has 0 aliphatic rings. The van der Waals surface area contributed by atoms with Gasteiger partial charge in [0, 0.05) is 0 Å². The van der Waals surface area contributed by atoms with E-state index in [1.165, 1.54) is 13.2 Å². The van der Waals surface area contributed by atoms with Gasteiger partial charge in [-0.05, 0) is 6.07 Å². The second-order valence-corrected chi connectivity index (χ2v) is 2.42. The van der Waals surface area contributed by atoms with E-state index in [2.05, 4.69) is 0 Å². The van der Waals surface area contributed by atoms with Crippen LogP contribution in [0.1, 0.15) is 0 Å². The van der Waals surface area contributed by atoms with Crippen molar-refractivity contribution in [2.45, 2.75) is 0 Å². The number of ether oxygens (including phenoxy) is 1. The van der Waals surface area contributed by atoms with E-state index in [1.54, 1.807) is 0 Å². The third kappa shape index (κ3) is 1.05. The molecule has 5 heteroatoms. The molecule has 0 unspecified atom stereocenters. The number of anilines is 4. The first-order valence-electron chi connectivity index (χ1n) is 3.34. The van der Waals surface area contributed by atoms with Gasteiger partial charge in [0.25, 0.3) is 0 Å². The van der Waals surface area contributed by atoms with Gasteiger partial charge in [0.2, 0.25) is 0 Å². The maximum atomic E-state index is 5.58. The SMILES string of the molecule is COc1c(N)c(N)cc(N)c1N. The number of nitrogen functional groups attached to an aromatic ring is 4. The second kappa shape index (κ2) is 2.69. The molecule has 8 N–H and O–H groups in total. The highest BCUT2D eigenvalue weighted by Gasteiger charge is 2.10. The summed E-state index contributed by atoms with van der Waals surface area (Å²) in [7, 11) is 1.46. The van der Waals surface area contributed by atoms with Gasteiger partial charge < -0.3 is 27.7 Å². The lowest BCUT2D eigenvalue weighted by Gasteiger charge is -2.11. The average Bonchev–Trinajstić information content (AvgIpc) is 2.02. The Labute approximate surface area is 70.3 Å². The minimum Gasteiger partial charge on any atom is -0.492 e. The maximum Gasteiger partial charge on any atom is 0.168 e. The molecule has 0 amide bonds. The van der Waals surface area contributed by atoms with Crippen molar-refractivity contribution in [1.82, 2.24) is 0 Å². The zero-order valence-corrected chi connectivity index (χ0v) is 6.79. The largest absolute Gasteiger partial charge is 0.492 e. The Bertz CT molecular complexity index is 285. The summed E-state index contributed by atoms with van der Waals surface area (Å²) >= 11 is 0. The fourth-order valence-corrected chi connectivity index (χ4v) is 0.950. The van der Waals surface area contributed by atoms with Gasteiger partial charge in [0.15, 0.2) is 5.75 Å². The van der Waals surface area contributed by atoms with Crippen LogP contribution in [0.5, 0.6) is 5.75 Å². The first kappa shape index (κ1) is 8.32. The van der Waals surface area contributed by atoms with Crippen LogP contribution < -0.4 is 27.7 Å². The third-order valence-electron chi connectivity index (χ3n) is 1.63. The first-order valence-corrected chi connectivity index (χ1v) is 3.34. The second-order valence-electron chi connectivity index (χ2n) is 2.42. The molecule has 0 aromatic heterocycles. The van der Waals surface area contributed by atoms with Crippen molar-refractivity contribution in [3.8, 4) is 5.75 Å². The van der Waals surface area contributed by atoms with Crippen LogP contribution in [-0.2, 0) is 0 Å². The van der Waals surface area contributed by atoms with Gasteiger partial charge in [-0.15, -0.1) is 0 Å². The molecule has 1 aromatic rings. The van der Waals surface area contributed by atoms with E-state index >= 15 is 0 Å². The van der Waals surface area contributed by atoms with Crippen molar-refractivity contribution < 1.29 is 4.74 Å². The Balaban J connectivity index is 3.42. The molecule has 0 saturated carbocycles. The average molecular weight is 168 g/mol. The lowest BCUT2D eigenvalue weighted by atomic mass is 10.2. The Kier molecular flexibility index (Phi) is 1.86. The van der Waals surface area contributed by atoms with Gasteiger partial charge >= 0.3 is 0 Å². The Morgan fingerprint density at radius 2 is 1.42 bits per heavy atom. The van der Waals surface area contributed by atoms with Crippen LogP contribution in [0.15, 0.2) is 6.07 Å². The zero-order chi connectivity index (χ0) is 9.30. The number of methoxy groups -OCH3 is 1. The molecule has 0 heterocycles. The van der Waals surface area contributed by atoms with Crippen LogP contribution in [-0.4, -0.2) is 7.11 Å². The maximum absolute atomic E-state index is 5.58. The molecule has 0 aliphatic heterocycles. The summed E-state index contributed by atoms with van der Waals surface area (Å²) in [4.78, 5) is 0. The van der Waals surface area contributed by atoms with E-state index in [4.69, 9.17) is 27.7 Å². The molecule has 0 atom stereocenters. The number of nitrogens with two attached hydrogens (primary N) is 4. The van der Waals surface area contributed by atoms with Gasteiger partial charge in [0.1, 0.15) is 0 Å². The number of rotatable bonds is 1. The molecule has 1 rings (SSSR count). The summed E-state index contributed by atoms with van der Waals surface area (Å²) in [6, 6.07) is 1.51. The van der Waals surface area contributed by atoms with E-state index in [-0.39, 0.29) is 0 Å². The lowest BCUT2D eigenvalue weighted by molar-refractivity contribution is 0.419. The van der Waals surface area contributed by atoms with Crippen molar-refractivity contribution in [1.29, 1.82) is 0 Å². The quantitative estimate of drug-likeness (QED) is 0.441. The van der Waals surface area contributed by atoms with Gasteiger partial charge in [-0.2, -0.15) is 0 Å². The lowest BCUT2D eigenvalue weighted by Crippen LogP contribution is -2.04. The fourth-order valence-electron chi connectivity index (χ4n) is 0.950. The summed E-state index contributed by atoms with van der Waals surface area (Å²) in [5, 5.41) is 0. The summed E-state index contributed by atoms with van der Waals surface area (Å²) in [5.74, 6) is 0.340. The molecule has 0 saturated heterocycles. The molecule has 0 fully saturated rings. The topological polar surface area (TPSA) is 113 Å². The highest BCUT2D eigenvalue weighted by Crippen LogP contribution is 2.37. The van der Waals surface area contributed by atoms with Gasteiger partial charge in [-0.1, -0.05) is 0 Å². The van der Waals surface area contributed by atoms with Gasteiger partial charge in [0.05, 0.1) is 29.9 Å². The van der Waals surface area contributed by atoms with E-state index in [1.807, 2.05) is 0 Å². The molecule has 0 spiro atoms. The Hall–Kier alpha value is -1.78. The molecular weight excluding hydrogens is 156 g/mol. The standard InChI is InChI=1S/C7H12N4O/c1-12-7-5(10)3(8)2-4(9)6(7)11/h2H,8-11H2,1H3. The fraction of sp³-hybridized carbons (Fsp3) is 0.143. The van der Waals surface area contributed by atoms with Crippen molar-refractivity contribution >= 4 is 22.7 Å². The Morgan fingerprint density at radius 1 is 1.00 bits per heavy atom. The van der Waals surface area contributed by atoms with Crippen LogP contribution in [0.4, 0.5) is 22.7 Å². The van der Waals surface area contributed by atoms with Crippen molar-refractivity contribution in [3.05, 3.63) is 6.07 Å². The number of hydrogen-bond acceptors (Lipinski definition) is 5. The predicted octanol–water partition coefficient (Wildman–Crippen LogP) is 0.0240. The summed E-state index contributed by atoms with van der Waals surface area (Å²) in [6.07, 6.45) is 0. The van der Waals surface area contributed by atoms with Crippen molar-refractivity contribution in [2.24, 2.45) is 0 Å². The molecule has 5 nitrogen and oxygen atoms in total. The molecule has 0 aliphatic carbocycles. The molecular formula is C7H12N4O. The summed E-state index contributed by atoms with van der Waals surface area (Å²) in [5.41, 5.74) is 23.6. The van der Waals surface area contributed by atoms with Gasteiger partial charge in [-0.25, -0.2) is 0 Å². The number of hydrogen-bond donors (Lipinski definition) is 4. The molecule has 12 heavy (non-hydrogen) atoms. The zero-order valence-electron chi connectivity index (χ0n) is 6.79. The number of benzene rings is 1. The van der Waals surface area contributed by atoms with E-state index in [0.29, 0.717) is 28.5 Å². The molecule has 0 radical (unpaired) electrons. The van der Waals surface area contributed by atoms with Crippen molar-refractivity contribution in [3.63, 3.8) is 0 Å². The monoisotopic (exact) mass is 168 g/mol. The summed E-state index contributed by atoms with van der Waals surface area (Å²) < 4.78 is 4.93. The molecule has 1 aromatic carbocycles. The van der Waals surface area contributed by atoms with E-state index in [0.717, 1.165) is 0 Å². The normalized spacial score (nSPS) is 9.75. The van der Waals surface area contributed by atoms with Gasteiger partial charge in [-0.3, -0.25) is 0 Å². The Morgan fingerprint density at radius 3 is 1.75 bits per heavy atom. The van der Waals surface area contributed by atoms with Crippen LogP contribution in [0, 0.1) is 0 Å². The van der Waals surface area contributed by atoms with Crippen LogP contribution in [0.2, 0.25) is 0 Å². The molecule has 66 valence electrons. The third-order valence-corrected chi connectivity index (χ3v) is 1.63. The van der Waals surface area contributed by atoms with E-state index in [9.17, 15) is 0 Å². The minimum absolute atomic E-state index is 0.323.